The predicted molar refractivity (Wildman–Crippen MR) is 78.2 cm³/mol. The van der Waals surface area contributed by atoms with E-state index in [0.717, 1.165) is 6.07 Å². The van der Waals surface area contributed by atoms with E-state index in [9.17, 15) is 18.4 Å². The average Bonchev–Trinajstić information content (AvgIpc) is 2.42. The Labute approximate surface area is 139 Å². The second-order valence-electron chi connectivity index (χ2n) is 4.32. The van der Waals surface area contributed by atoms with Crippen LogP contribution in [0.25, 0.3) is 0 Å². The molecule has 0 aliphatic rings. The molecule has 8 heteroatoms. The van der Waals surface area contributed by atoms with Crippen LogP contribution >= 0.6 is 34.8 Å². The Balaban J connectivity index is 2.51. The van der Waals surface area contributed by atoms with Crippen molar-refractivity contribution >= 4 is 34.8 Å². The van der Waals surface area contributed by atoms with Gasteiger partial charge >= 0.3 is 6.18 Å². The second kappa shape index (κ2) is 6.33. The van der Waals surface area contributed by atoms with Crippen LogP contribution in [-0.2, 0) is 6.18 Å². The van der Waals surface area contributed by atoms with Gasteiger partial charge in [-0.05, 0) is 23.8 Å². The van der Waals surface area contributed by atoms with Gasteiger partial charge in [0.15, 0.2) is 0 Å². The molecule has 1 heterocycles. The molecule has 0 N–H and O–H groups in total. The summed E-state index contributed by atoms with van der Waals surface area (Å²) in [5, 5.41) is 9.64. The van der Waals surface area contributed by atoms with Gasteiger partial charge in [0.05, 0.1) is 22.3 Å². The average molecular weight is 366 g/mol. The van der Waals surface area contributed by atoms with Crippen LogP contribution in [0.15, 0.2) is 30.5 Å². The highest BCUT2D eigenvalue weighted by Gasteiger charge is 2.32. The zero-order valence-corrected chi connectivity index (χ0v) is 12.9. The van der Waals surface area contributed by atoms with Crippen molar-refractivity contribution in [2.24, 2.45) is 0 Å². The Morgan fingerprint density at radius 1 is 1.09 bits per heavy atom. The summed E-state index contributed by atoms with van der Waals surface area (Å²) in [6.07, 6.45) is -3.93. The lowest BCUT2D eigenvalue weighted by atomic mass is 9.96. The molecule has 0 fully saturated rings. The van der Waals surface area contributed by atoms with Crippen molar-refractivity contribution in [2.45, 2.75) is 12.1 Å². The molecule has 0 saturated carbocycles. The number of nitriles is 1. The van der Waals surface area contributed by atoms with E-state index in [-0.39, 0.29) is 15.7 Å². The highest BCUT2D eigenvalue weighted by molar-refractivity contribution is 6.35. The molecule has 0 saturated heterocycles. The molecule has 1 aromatic heterocycles. The fourth-order valence-electron chi connectivity index (χ4n) is 1.83. The Morgan fingerprint density at radius 2 is 1.77 bits per heavy atom. The Hall–Kier alpha value is -1.48. The summed E-state index contributed by atoms with van der Waals surface area (Å²) in [5.41, 5.74) is -0.621. The number of hydrogen-bond donors (Lipinski definition) is 0. The van der Waals surface area contributed by atoms with Gasteiger partial charge in [0.25, 0.3) is 0 Å². The lowest BCUT2D eigenvalue weighted by Gasteiger charge is -2.14. The van der Waals surface area contributed by atoms with Crippen LogP contribution in [0.2, 0.25) is 15.1 Å². The summed E-state index contributed by atoms with van der Waals surface area (Å²) in [6.45, 7) is 0. The molecular weight excluding hydrogens is 360 g/mol. The Bertz CT molecular complexity index is 754. The summed E-state index contributed by atoms with van der Waals surface area (Å²) in [5.74, 6) is -1.00. The van der Waals surface area contributed by atoms with Crippen molar-refractivity contribution in [1.82, 2.24) is 4.98 Å². The summed E-state index contributed by atoms with van der Waals surface area (Å²) in [6, 6.07) is 7.13. The maximum absolute atomic E-state index is 12.6. The quantitative estimate of drug-likeness (QED) is 0.683. The summed E-state index contributed by atoms with van der Waals surface area (Å²) in [4.78, 5) is 3.69. The van der Waals surface area contributed by atoms with Gasteiger partial charge in [-0.3, -0.25) is 4.98 Å². The Morgan fingerprint density at radius 3 is 2.27 bits per heavy atom. The number of alkyl halides is 3. The maximum Gasteiger partial charge on any atom is 0.417 e. The smallest absolute Gasteiger partial charge is 0.257 e. The number of pyridine rings is 1. The van der Waals surface area contributed by atoms with Gasteiger partial charge in [-0.15, -0.1) is 0 Å². The normalized spacial score (nSPS) is 12.8. The number of aromatic nitrogens is 1. The third-order valence-corrected chi connectivity index (χ3v) is 3.74. The fourth-order valence-corrected chi connectivity index (χ4v) is 2.62. The monoisotopic (exact) mass is 364 g/mol. The van der Waals surface area contributed by atoms with Crippen LogP contribution < -0.4 is 0 Å². The zero-order valence-electron chi connectivity index (χ0n) is 10.6. The van der Waals surface area contributed by atoms with Gasteiger partial charge in [0.2, 0.25) is 0 Å². The zero-order chi connectivity index (χ0) is 16.5. The van der Waals surface area contributed by atoms with Crippen LogP contribution in [-0.4, -0.2) is 4.98 Å². The molecule has 2 rings (SSSR count). The molecule has 0 aliphatic heterocycles. The maximum atomic E-state index is 12.6. The Kier molecular flexibility index (Phi) is 4.86. The molecule has 0 spiro atoms. The van der Waals surface area contributed by atoms with Crippen molar-refractivity contribution in [1.29, 1.82) is 5.26 Å². The third-order valence-electron chi connectivity index (χ3n) is 2.87. The first-order valence-electron chi connectivity index (χ1n) is 5.81. The van der Waals surface area contributed by atoms with Crippen molar-refractivity contribution in [3.8, 4) is 6.07 Å². The minimum absolute atomic E-state index is 0.00129. The van der Waals surface area contributed by atoms with Gasteiger partial charge in [0.1, 0.15) is 5.92 Å². The predicted octanol–water partition coefficient (Wildman–Crippen LogP) is 5.72. The van der Waals surface area contributed by atoms with E-state index in [2.05, 4.69) is 4.98 Å². The van der Waals surface area contributed by atoms with Crippen molar-refractivity contribution in [3.05, 3.63) is 62.4 Å². The standard InChI is InChI=1S/C14H6Cl3F3N2/c15-8-1-2-9(11(16)4-8)10(5-21)13-12(17)3-7(6-22-13)14(18,19)20/h1-4,6,10H. The molecule has 0 bridgehead atoms. The number of hydrogen-bond acceptors (Lipinski definition) is 2. The van der Waals surface area contributed by atoms with Crippen LogP contribution in [0.4, 0.5) is 13.2 Å². The van der Waals surface area contributed by atoms with Gasteiger partial charge < -0.3 is 0 Å². The topological polar surface area (TPSA) is 36.7 Å². The number of halogens is 6. The van der Waals surface area contributed by atoms with E-state index in [1.807, 2.05) is 6.07 Å². The first-order valence-corrected chi connectivity index (χ1v) is 6.94. The molecule has 0 amide bonds. The first-order chi connectivity index (χ1) is 10.2. The van der Waals surface area contributed by atoms with Crippen LogP contribution in [0.5, 0.6) is 0 Å². The molecule has 1 unspecified atom stereocenters. The van der Waals surface area contributed by atoms with Crippen LogP contribution in [0, 0.1) is 11.3 Å². The van der Waals surface area contributed by atoms with Gasteiger partial charge in [0, 0.05) is 16.2 Å². The number of nitrogens with zero attached hydrogens (tertiary/aromatic N) is 2. The summed E-state index contributed by atoms with van der Waals surface area (Å²) >= 11 is 17.7. The molecule has 22 heavy (non-hydrogen) atoms. The lowest BCUT2D eigenvalue weighted by molar-refractivity contribution is -0.137. The summed E-state index contributed by atoms with van der Waals surface area (Å²) < 4.78 is 37.8. The highest BCUT2D eigenvalue weighted by atomic mass is 35.5. The van der Waals surface area contributed by atoms with E-state index in [4.69, 9.17) is 34.8 Å². The minimum atomic E-state index is -4.56. The molecule has 2 aromatic rings. The van der Waals surface area contributed by atoms with Gasteiger partial charge in [-0.2, -0.15) is 18.4 Å². The number of benzene rings is 1. The summed E-state index contributed by atoms with van der Waals surface area (Å²) in [7, 11) is 0. The van der Waals surface area contributed by atoms with E-state index in [1.165, 1.54) is 18.2 Å². The van der Waals surface area contributed by atoms with Crippen molar-refractivity contribution in [2.75, 3.05) is 0 Å². The van der Waals surface area contributed by atoms with Crippen LogP contribution in [0.1, 0.15) is 22.7 Å². The first kappa shape index (κ1) is 16.9. The lowest BCUT2D eigenvalue weighted by Crippen LogP contribution is -2.09. The van der Waals surface area contributed by atoms with Gasteiger partial charge in [-0.25, -0.2) is 0 Å². The van der Waals surface area contributed by atoms with E-state index in [1.54, 1.807) is 0 Å². The third kappa shape index (κ3) is 3.46. The molecule has 1 aromatic carbocycles. The molecule has 114 valence electrons. The highest BCUT2D eigenvalue weighted by Crippen LogP contribution is 2.36. The SMILES string of the molecule is N#CC(c1ccc(Cl)cc1Cl)c1ncc(C(F)(F)F)cc1Cl. The molecule has 0 aliphatic carbocycles. The molecular formula is C14H6Cl3F3N2. The second-order valence-corrected chi connectivity index (χ2v) is 5.57. The minimum Gasteiger partial charge on any atom is -0.257 e. The van der Waals surface area contributed by atoms with E-state index >= 15 is 0 Å². The molecule has 1 atom stereocenters. The van der Waals surface area contributed by atoms with Crippen molar-refractivity contribution in [3.63, 3.8) is 0 Å². The number of rotatable bonds is 2. The molecule has 0 radical (unpaired) electrons. The molecule has 2 nitrogen and oxygen atoms in total. The fraction of sp³-hybridized carbons (Fsp3) is 0.143. The van der Waals surface area contributed by atoms with Gasteiger partial charge in [-0.1, -0.05) is 40.9 Å². The van der Waals surface area contributed by atoms with Crippen molar-refractivity contribution < 1.29 is 13.2 Å². The largest absolute Gasteiger partial charge is 0.417 e. The van der Waals surface area contributed by atoms with E-state index in [0.29, 0.717) is 16.8 Å². The van der Waals surface area contributed by atoms with E-state index < -0.39 is 17.7 Å². The van der Waals surface area contributed by atoms with Crippen LogP contribution in [0.3, 0.4) is 0 Å².